The van der Waals surface area contributed by atoms with E-state index in [2.05, 4.69) is 9.39 Å². The van der Waals surface area contributed by atoms with Crippen LogP contribution in [0.3, 0.4) is 0 Å². The first-order chi connectivity index (χ1) is 4.22. The van der Waals surface area contributed by atoms with Crippen molar-refractivity contribution < 1.29 is 5.11 Å². The number of hydrogen-bond donors (Lipinski definition) is 1. The molecular weight excluding hydrogens is 137 g/mol. The molecule has 3 nitrogen and oxygen atoms in total. The summed E-state index contributed by atoms with van der Waals surface area (Å²) in [7, 11) is 2.10. The van der Waals surface area contributed by atoms with E-state index in [4.69, 9.17) is 5.11 Å². The van der Waals surface area contributed by atoms with Crippen LogP contribution in [0, 0.1) is 0 Å². The molecule has 0 aromatic carbocycles. The first-order valence-electron chi connectivity index (χ1n) is 2.38. The minimum absolute atomic E-state index is 0.0486. The number of aromatic nitrogens is 1. The van der Waals surface area contributed by atoms with E-state index in [0.29, 0.717) is 0 Å². The number of hydrogen-bond acceptors (Lipinski definition) is 2. The lowest BCUT2D eigenvalue weighted by molar-refractivity contribution is 0.445. The van der Waals surface area contributed by atoms with Gasteiger partial charge in [-0.2, -0.15) is 0 Å². The quantitative estimate of drug-likeness (QED) is 0.527. The van der Waals surface area contributed by atoms with Gasteiger partial charge in [0.05, 0.1) is 0 Å². The van der Waals surface area contributed by atoms with Crippen LogP contribution in [-0.2, 0) is 0 Å². The van der Waals surface area contributed by atoms with Crippen molar-refractivity contribution in [3.8, 4) is 5.88 Å². The molecule has 1 heterocycles. The monoisotopic (exact) mass is 143 g/mol. The van der Waals surface area contributed by atoms with Crippen LogP contribution in [0.15, 0.2) is 23.0 Å². The summed E-state index contributed by atoms with van der Waals surface area (Å²) >= 11 is 0. The third kappa shape index (κ3) is 1.11. The van der Waals surface area contributed by atoms with Crippen molar-refractivity contribution in [2.75, 3.05) is 0 Å². The van der Waals surface area contributed by atoms with Crippen molar-refractivity contribution >= 4 is 9.39 Å². The number of pyridine rings is 1. The predicted octanol–water partition coefficient (Wildman–Crippen LogP) is 0.192. The molecule has 0 spiro atoms. The molecule has 0 aliphatic heterocycles. The molecule has 0 aliphatic carbocycles. The largest absolute Gasteiger partial charge is 0.494 e. The van der Waals surface area contributed by atoms with E-state index in [-0.39, 0.29) is 11.4 Å². The zero-order valence-corrected chi connectivity index (χ0v) is 5.77. The van der Waals surface area contributed by atoms with E-state index in [1.807, 2.05) is 0 Å². The smallest absolute Gasteiger partial charge is 0.256 e. The maximum Gasteiger partial charge on any atom is 0.256 e. The first-order valence-corrected chi connectivity index (χ1v) is 2.89. The maximum absolute atomic E-state index is 10.6. The Morgan fingerprint density at radius 2 is 2.22 bits per heavy atom. The number of aromatic hydroxyl groups is 1. The molecule has 0 fully saturated rings. The fourth-order valence-corrected chi connectivity index (χ4v) is 0.662. The highest BCUT2D eigenvalue weighted by atomic mass is 31.0. The molecule has 1 N–H and O–H groups in total. The molecule has 1 atom stereocenters. The van der Waals surface area contributed by atoms with E-state index in [1.165, 1.54) is 18.2 Å². The van der Waals surface area contributed by atoms with Gasteiger partial charge in [0.15, 0.2) is 5.88 Å². The summed E-state index contributed by atoms with van der Waals surface area (Å²) in [6, 6.07) is 4.30. The predicted molar refractivity (Wildman–Crippen MR) is 37.5 cm³/mol. The van der Waals surface area contributed by atoms with Crippen molar-refractivity contribution in [3.05, 3.63) is 28.6 Å². The van der Waals surface area contributed by atoms with Crippen LogP contribution in [0.2, 0.25) is 0 Å². The lowest BCUT2D eigenvalue weighted by Crippen LogP contribution is -2.08. The third-order valence-electron chi connectivity index (χ3n) is 0.968. The Morgan fingerprint density at radius 3 is 2.67 bits per heavy atom. The van der Waals surface area contributed by atoms with E-state index < -0.39 is 0 Å². The highest BCUT2D eigenvalue weighted by molar-refractivity contribution is 7.14. The van der Waals surface area contributed by atoms with Crippen LogP contribution in [0.5, 0.6) is 5.88 Å². The summed E-state index contributed by atoms with van der Waals surface area (Å²) in [5.74, 6) is -0.0486. The van der Waals surface area contributed by atoms with E-state index >= 15 is 0 Å². The molecule has 1 aromatic heterocycles. The second kappa shape index (κ2) is 2.19. The van der Waals surface area contributed by atoms with Crippen LogP contribution in [-0.4, -0.2) is 9.44 Å². The average Bonchev–Trinajstić information content (AvgIpc) is 1.83. The highest BCUT2D eigenvalue weighted by Crippen LogP contribution is 2.05. The minimum Gasteiger partial charge on any atom is -0.494 e. The molecule has 48 valence electrons. The Balaban J connectivity index is 3.43. The maximum atomic E-state index is 10.6. The van der Waals surface area contributed by atoms with E-state index in [9.17, 15) is 4.79 Å². The summed E-state index contributed by atoms with van der Waals surface area (Å²) in [5, 5.41) is 8.84. The molecule has 1 aromatic rings. The SMILES string of the molecule is O=c1cccc(O)n1P. The van der Waals surface area contributed by atoms with Gasteiger partial charge in [0.2, 0.25) is 0 Å². The van der Waals surface area contributed by atoms with Crippen molar-refractivity contribution in [1.29, 1.82) is 0 Å². The van der Waals surface area contributed by atoms with Gasteiger partial charge in [-0.15, -0.1) is 0 Å². The second-order valence-electron chi connectivity index (χ2n) is 1.59. The molecular formula is C5H6NO2P. The fourth-order valence-electron chi connectivity index (χ4n) is 0.490. The van der Waals surface area contributed by atoms with Crippen molar-refractivity contribution in [3.63, 3.8) is 0 Å². The van der Waals surface area contributed by atoms with Gasteiger partial charge in [-0.25, -0.2) is 0 Å². The Labute approximate surface area is 54.2 Å². The number of nitrogens with zero attached hydrogens (tertiary/aromatic N) is 1. The molecule has 1 rings (SSSR count). The van der Waals surface area contributed by atoms with E-state index in [0.717, 1.165) is 4.34 Å². The van der Waals surface area contributed by atoms with Crippen molar-refractivity contribution in [2.45, 2.75) is 0 Å². The van der Waals surface area contributed by atoms with Gasteiger partial charge >= 0.3 is 0 Å². The summed E-state index contributed by atoms with van der Waals surface area (Å²) < 4.78 is 1.08. The Kier molecular flexibility index (Phi) is 1.54. The standard InChI is InChI=1S/C5H6NO2P/c7-4-2-1-3-5(8)6(4)9/h1-3,7H,9H2. The van der Waals surface area contributed by atoms with Crippen molar-refractivity contribution in [1.82, 2.24) is 4.34 Å². The Hall–Kier alpha value is -0.820. The molecule has 0 saturated heterocycles. The molecule has 1 unspecified atom stereocenters. The molecule has 0 amide bonds. The molecule has 0 radical (unpaired) electrons. The lowest BCUT2D eigenvalue weighted by Gasteiger charge is -1.96. The molecule has 4 heteroatoms. The molecule has 0 aliphatic rings. The van der Waals surface area contributed by atoms with Gasteiger partial charge in [-0.05, 0) is 15.5 Å². The lowest BCUT2D eigenvalue weighted by atomic mass is 10.5. The van der Waals surface area contributed by atoms with Crippen LogP contribution in [0.4, 0.5) is 0 Å². The second-order valence-corrected chi connectivity index (χ2v) is 2.11. The van der Waals surface area contributed by atoms with Crippen LogP contribution in [0.25, 0.3) is 0 Å². The van der Waals surface area contributed by atoms with Gasteiger partial charge in [0.1, 0.15) is 0 Å². The normalized spacial score (nSPS) is 9.44. The van der Waals surface area contributed by atoms with Crippen LogP contribution in [0.1, 0.15) is 0 Å². The fraction of sp³-hybridized carbons (Fsp3) is 0. The summed E-state index contributed by atoms with van der Waals surface area (Å²) in [5.41, 5.74) is -0.236. The van der Waals surface area contributed by atoms with Crippen LogP contribution >= 0.6 is 9.39 Å². The first kappa shape index (κ1) is 6.30. The Bertz CT molecular complexity index is 268. The zero-order chi connectivity index (χ0) is 6.85. The van der Waals surface area contributed by atoms with Gasteiger partial charge in [-0.1, -0.05) is 6.07 Å². The Morgan fingerprint density at radius 1 is 1.56 bits per heavy atom. The summed E-state index contributed by atoms with van der Waals surface area (Å²) in [4.78, 5) is 10.6. The van der Waals surface area contributed by atoms with Gasteiger partial charge in [-0.3, -0.25) is 9.13 Å². The average molecular weight is 143 g/mol. The minimum atomic E-state index is -0.236. The topological polar surface area (TPSA) is 42.2 Å². The highest BCUT2D eigenvalue weighted by Gasteiger charge is 1.91. The van der Waals surface area contributed by atoms with Crippen molar-refractivity contribution in [2.24, 2.45) is 0 Å². The molecule has 9 heavy (non-hydrogen) atoms. The summed E-state index contributed by atoms with van der Waals surface area (Å²) in [6.07, 6.45) is 0. The van der Waals surface area contributed by atoms with Gasteiger partial charge in [0, 0.05) is 6.07 Å². The third-order valence-corrected chi connectivity index (χ3v) is 1.49. The number of rotatable bonds is 0. The summed E-state index contributed by atoms with van der Waals surface area (Å²) in [6.45, 7) is 0. The zero-order valence-electron chi connectivity index (χ0n) is 4.61. The molecule has 0 saturated carbocycles. The van der Waals surface area contributed by atoms with E-state index in [1.54, 1.807) is 0 Å². The van der Waals surface area contributed by atoms with Gasteiger partial charge < -0.3 is 5.11 Å². The van der Waals surface area contributed by atoms with Gasteiger partial charge in [0.25, 0.3) is 5.56 Å². The molecule has 0 bridgehead atoms. The van der Waals surface area contributed by atoms with Crippen LogP contribution < -0.4 is 5.56 Å².